The number of aromatic nitrogens is 1. The Morgan fingerprint density at radius 1 is 1.07 bits per heavy atom. The van der Waals surface area contributed by atoms with Crippen molar-refractivity contribution in [3.8, 4) is 0 Å². The number of hydrogen-bond acceptors (Lipinski definition) is 6. The number of amides is 1. The van der Waals surface area contributed by atoms with Crippen LogP contribution < -0.4 is 11.1 Å². The third-order valence-corrected chi connectivity index (χ3v) is 4.21. The molecule has 1 aromatic heterocycles. The van der Waals surface area contributed by atoms with Crippen molar-refractivity contribution in [3.05, 3.63) is 71.9 Å². The minimum absolute atomic E-state index is 0.123. The smallest absolute Gasteiger partial charge is 0.407 e. The number of rotatable bonds is 6. The van der Waals surface area contributed by atoms with Gasteiger partial charge in [-0.25, -0.2) is 9.78 Å². The standard InChI is InChI=1S/C20H21N3O4/c21-19-15-9-5-4-8-14(15)16(10-22-19)18(25)17(24)11-23-20(26)27-12-13-6-2-1-3-7-13/h1-10,17-18,24-25H,11-12H2,(H2,21,22)(H,23,26). The van der Waals surface area contributed by atoms with Gasteiger partial charge in [-0.1, -0.05) is 54.6 Å². The molecule has 0 aliphatic carbocycles. The summed E-state index contributed by atoms with van der Waals surface area (Å²) in [6.45, 7) is -0.0503. The number of aliphatic hydroxyl groups is 2. The lowest BCUT2D eigenvalue weighted by atomic mass is 9.99. The number of alkyl carbamates (subject to hydrolysis) is 1. The maximum Gasteiger partial charge on any atom is 0.407 e. The number of pyridine rings is 1. The summed E-state index contributed by atoms with van der Waals surface area (Å²) in [7, 11) is 0. The Morgan fingerprint density at radius 3 is 2.48 bits per heavy atom. The quantitative estimate of drug-likeness (QED) is 0.530. The number of anilines is 1. The Balaban J connectivity index is 1.59. The predicted octanol–water partition coefficient (Wildman–Crippen LogP) is 2.14. The van der Waals surface area contributed by atoms with E-state index in [2.05, 4.69) is 10.3 Å². The van der Waals surface area contributed by atoms with Crippen LogP contribution in [-0.4, -0.2) is 33.9 Å². The second-order valence-corrected chi connectivity index (χ2v) is 6.10. The van der Waals surface area contributed by atoms with Crippen molar-refractivity contribution in [2.45, 2.75) is 18.8 Å². The molecule has 3 rings (SSSR count). The van der Waals surface area contributed by atoms with Crippen LogP contribution in [0.1, 0.15) is 17.2 Å². The molecule has 0 saturated heterocycles. The highest BCUT2D eigenvalue weighted by Crippen LogP contribution is 2.28. The molecule has 7 heteroatoms. The van der Waals surface area contributed by atoms with Gasteiger partial charge in [0, 0.05) is 23.7 Å². The van der Waals surface area contributed by atoms with Crippen molar-refractivity contribution in [3.63, 3.8) is 0 Å². The molecule has 1 amide bonds. The zero-order valence-corrected chi connectivity index (χ0v) is 14.6. The molecule has 0 bridgehead atoms. The first-order valence-corrected chi connectivity index (χ1v) is 8.50. The van der Waals surface area contributed by atoms with Gasteiger partial charge >= 0.3 is 6.09 Å². The molecule has 5 N–H and O–H groups in total. The van der Waals surface area contributed by atoms with Crippen molar-refractivity contribution in [2.24, 2.45) is 0 Å². The fourth-order valence-electron chi connectivity index (χ4n) is 2.75. The molecule has 0 saturated carbocycles. The molecule has 7 nitrogen and oxygen atoms in total. The average molecular weight is 367 g/mol. The van der Waals surface area contributed by atoms with Gasteiger partial charge in [0.15, 0.2) is 0 Å². The second-order valence-electron chi connectivity index (χ2n) is 6.10. The summed E-state index contributed by atoms with van der Waals surface area (Å²) in [4.78, 5) is 15.8. The maximum atomic E-state index is 11.8. The summed E-state index contributed by atoms with van der Waals surface area (Å²) >= 11 is 0. The number of carbonyl (C=O) groups excluding carboxylic acids is 1. The Labute approximate surface area is 156 Å². The molecule has 3 aromatic rings. The number of hydrogen-bond donors (Lipinski definition) is 4. The van der Waals surface area contributed by atoms with E-state index in [1.54, 1.807) is 12.1 Å². The number of nitrogens with zero attached hydrogens (tertiary/aromatic N) is 1. The topological polar surface area (TPSA) is 118 Å². The van der Waals surface area contributed by atoms with Crippen molar-refractivity contribution in [1.29, 1.82) is 0 Å². The van der Waals surface area contributed by atoms with Crippen LogP contribution in [0.15, 0.2) is 60.8 Å². The third-order valence-electron chi connectivity index (χ3n) is 4.21. The number of ether oxygens (including phenoxy) is 1. The summed E-state index contributed by atoms with van der Waals surface area (Å²) < 4.78 is 5.08. The zero-order chi connectivity index (χ0) is 19.2. The van der Waals surface area contributed by atoms with Crippen LogP contribution in [-0.2, 0) is 11.3 Å². The van der Waals surface area contributed by atoms with Crippen LogP contribution in [0.4, 0.5) is 10.6 Å². The monoisotopic (exact) mass is 367 g/mol. The van der Waals surface area contributed by atoms with Gasteiger partial charge in [0.25, 0.3) is 0 Å². The van der Waals surface area contributed by atoms with Gasteiger partial charge in [-0.2, -0.15) is 0 Å². The largest absolute Gasteiger partial charge is 0.445 e. The number of fused-ring (bicyclic) bond motifs is 1. The van der Waals surface area contributed by atoms with Crippen molar-refractivity contribution in [2.75, 3.05) is 12.3 Å². The average Bonchev–Trinajstić information content (AvgIpc) is 2.71. The zero-order valence-electron chi connectivity index (χ0n) is 14.6. The Kier molecular flexibility index (Phi) is 5.85. The van der Waals surface area contributed by atoms with Gasteiger partial charge in [0.1, 0.15) is 24.6 Å². The highest BCUT2D eigenvalue weighted by Gasteiger charge is 2.22. The molecular weight excluding hydrogens is 346 g/mol. The van der Waals surface area contributed by atoms with Crippen LogP contribution in [0.5, 0.6) is 0 Å². The van der Waals surface area contributed by atoms with E-state index in [0.29, 0.717) is 22.2 Å². The molecule has 2 unspecified atom stereocenters. The summed E-state index contributed by atoms with van der Waals surface area (Å²) in [5, 5.41) is 24.6. The van der Waals surface area contributed by atoms with Crippen LogP contribution in [0, 0.1) is 0 Å². The molecule has 1 heterocycles. The lowest BCUT2D eigenvalue weighted by Gasteiger charge is -2.20. The fraction of sp³-hybridized carbons (Fsp3) is 0.200. The molecule has 0 radical (unpaired) electrons. The molecule has 0 aliphatic rings. The molecule has 2 atom stereocenters. The molecule has 27 heavy (non-hydrogen) atoms. The van der Waals surface area contributed by atoms with E-state index in [0.717, 1.165) is 5.56 Å². The molecule has 140 valence electrons. The Bertz CT molecular complexity index is 918. The highest BCUT2D eigenvalue weighted by atomic mass is 16.5. The molecule has 2 aromatic carbocycles. The van der Waals surface area contributed by atoms with Gasteiger partial charge in [0.2, 0.25) is 0 Å². The normalized spacial score (nSPS) is 13.1. The van der Waals surface area contributed by atoms with E-state index >= 15 is 0 Å². The van der Waals surface area contributed by atoms with E-state index in [1.807, 2.05) is 42.5 Å². The highest BCUT2D eigenvalue weighted by molar-refractivity contribution is 5.93. The summed E-state index contributed by atoms with van der Waals surface area (Å²) in [5.74, 6) is 0.346. The first kappa shape index (κ1) is 18.6. The van der Waals surface area contributed by atoms with Crippen LogP contribution in [0.25, 0.3) is 10.8 Å². The predicted molar refractivity (Wildman–Crippen MR) is 102 cm³/mol. The number of carbonyl (C=O) groups is 1. The van der Waals surface area contributed by atoms with Crippen LogP contribution in [0.3, 0.4) is 0 Å². The van der Waals surface area contributed by atoms with E-state index in [4.69, 9.17) is 10.5 Å². The number of nitrogens with two attached hydrogens (primary N) is 1. The molecule has 0 fully saturated rings. The number of nitrogen functional groups attached to an aromatic ring is 1. The summed E-state index contributed by atoms with van der Waals surface area (Å²) in [5.41, 5.74) is 7.14. The van der Waals surface area contributed by atoms with Crippen molar-refractivity contribution < 1.29 is 19.7 Å². The minimum atomic E-state index is -1.24. The van der Waals surface area contributed by atoms with Gasteiger partial charge < -0.3 is 26.0 Å². The first-order valence-electron chi connectivity index (χ1n) is 8.50. The lowest BCUT2D eigenvalue weighted by molar-refractivity contribution is 0.0191. The van der Waals surface area contributed by atoms with Crippen LogP contribution >= 0.6 is 0 Å². The van der Waals surface area contributed by atoms with Gasteiger partial charge in [-0.05, 0) is 10.9 Å². The minimum Gasteiger partial charge on any atom is -0.445 e. The molecular formula is C20H21N3O4. The van der Waals surface area contributed by atoms with Gasteiger partial charge in [-0.15, -0.1) is 0 Å². The van der Waals surface area contributed by atoms with E-state index in [1.165, 1.54) is 6.20 Å². The Hall–Kier alpha value is -3.16. The number of aliphatic hydroxyl groups excluding tert-OH is 2. The molecule has 0 aliphatic heterocycles. The Morgan fingerprint density at radius 2 is 1.74 bits per heavy atom. The SMILES string of the molecule is Nc1ncc(C(O)C(O)CNC(=O)OCc2ccccc2)c2ccccc12. The third kappa shape index (κ3) is 4.52. The van der Waals surface area contributed by atoms with E-state index < -0.39 is 18.3 Å². The van der Waals surface area contributed by atoms with Crippen molar-refractivity contribution in [1.82, 2.24) is 10.3 Å². The number of nitrogens with one attached hydrogen (secondary N) is 1. The van der Waals surface area contributed by atoms with E-state index in [9.17, 15) is 15.0 Å². The van der Waals surface area contributed by atoms with Crippen LogP contribution in [0.2, 0.25) is 0 Å². The maximum absolute atomic E-state index is 11.8. The fourth-order valence-corrected chi connectivity index (χ4v) is 2.75. The van der Waals surface area contributed by atoms with Crippen molar-refractivity contribution >= 4 is 22.7 Å². The second kappa shape index (κ2) is 8.48. The lowest BCUT2D eigenvalue weighted by Crippen LogP contribution is -2.35. The van der Waals surface area contributed by atoms with Gasteiger partial charge in [0.05, 0.1) is 0 Å². The summed E-state index contributed by atoms with van der Waals surface area (Å²) in [6.07, 6.45) is -1.72. The number of benzene rings is 2. The first-order chi connectivity index (χ1) is 13.1. The molecule has 0 spiro atoms. The summed E-state index contributed by atoms with van der Waals surface area (Å²) in [6, 6.07) is 16.5. The van der Waals surface area contributed by atoms with E-state index in [-0.39, 0.29) is 13.2 Å². The van der Waals surface area contributed by atoms with Gasteiger partial charge in [-0.3, -0.25) is 0 Å².